The molecule has 1 aromatic rings. The quantitative estimate of drug-likeness (QED) is 0.588. The van der Waals surface area contributed by atoms with Crippen LogP contribution in [0.2, 0.25) is 0 Å². The summed E-state index contributed by atoms with van der Waals surface area (Å²) in [5, 5.41) is 20.9. The van der Waals surface area contributed by atoms with Gasteiger partial charge in [0, 0.05) is 38.9 Å². The zero-order valence-corrected chi connectivity index (χ0v) is 13.7. The molecule has 2 rings (SSSR count). The molecule has 0 radical (unpaired) electrons. The summed E-state index contributed by atoms with van der Waals surface area (Å²) < 4.78 is 5.19. The molecule has 0 unspecified atom stereocenters. The summed E-state index contributed by atoms with van der Waals surface area (Å²) >= 11 is 0. The molecule has 1 amide bonds. The molecule has 2 N–H and O–H groups in total. The second kappa shape index (κ2) is 8.91. The van der Waals surface area contributed by atoms with Crippen LogP contribution in [0.3, 0.4) is 0 Å². The van der Waals surface area contributed by atoms with Gasteiger partial charge < -0.3 is 20.1 Å². The Morgan fingerprint density at radius 2 is 2.08 bits per heavy atom. The molecule has 1 saturated heterocycles. The van der Waals surface area contributed by atoms with Crippen molar-refractivity contribution in [2.75, 3.05) is 51.8 Å². The first kappa shape index (κ1) is 17.8. The molecule has 1 aromatic carbocycles. The number of nitriles is 1. The van der Waals surface area contributed by atoms with Crippen LogP contribution in [0.15, 0.2) is 36.0 Å². The van der Waals surface area contributed by atoms with Crippen molar-refractivity contribution in [2.24, 2.45) is 0 Å². The van der Waals surface area contributed by atoms with E-state index in [1.54, 1.807) is 30.5 Å². The number of anilines is 1. The number of β-amino-alcohol motifs (C(OH)–C–C–N with tert-alkyl or cyclic N) is 1. The lowest BCUT2D eigenvalue weighted by Crippen LogP contribution is -2.45. The van der Waals surface area contributed by atoms with Crippen molar-refractivity contribution >= 4 is 11.6 Å². The summed E-state index contributed by atoms with van der Waals surface area (Å²) in [4.78, 5) is 16.4. The minimum Gasteiger partial charge on any atom is -0.495 e. The molecule has 1 aliphatic heterocycles. The molecule has 0 saturated carbocycles. The molecule has 0 aliphatic carbocycles. The summed E-state index contributed by atoms with van der Waals surface area (Å²) in [5.74, 6) is 0.0838. The zero-order chi connectivity index (χ0) is 17.4. The molecule has 1 heterocycles. The number of rotatable bonds is 6. The normalized spacial score (nSPS) is 15.7. The maximum absolute atomic E-state index is 12.3. The largest absolute Gasteiger partial charge is 0.495 e. The molecule has 1 aliphatic rings. The number of para-hydroxylation sites is 2. The number of aliphatic hydroxyl groups is 1. The van der Waals surface area contributed by atoms with Crippen LogP contribution in [0.4, 0.5) is 5.69 Å². The van der Waals surface area contributed by atoms with Crippen molar-refractivity contribution in [2.45, 2.75) is 0 Å². The Morgan fingerprint density at radius 3 is 2.71 bits per heavy atom. The predicted octanol–water partition coefficient (Wildman–Crippen LogP) is 0.651. The van der Waals surface area contributed by atoms with Crippen molar-refractivity contribution in [3.05, 3.63) is 36.0 Å². The zero-order valence-electron chi connectivity index (χ0n) is 13.7. The van der Waals surface area contributed by atoms with E-state index < -0.39 is 5.91 Å². The van der Waals surface area contributed by atoms with Gasteiger partial charge in [0.25, 0.3) is 5.91 Å². The summed E-state index contributed by atoms with van der Waals surface area (Å²) in [6.45, 7) is 3.81. The van der Waals surface area contributed by atoms with Crippen molar-refractivity contribution in [1.29, 1.82) is 5.26 Å². The first-order valence-electron chi connectivity index (χ1n) is 7.81. The Morgan fingerprint density at radius 1 is 1.38 bits per heavy atom. The maximum Gasteiger partial charge on any atom is 0.267 e. The summed E-state index contributed by atoms with van der Waals surface area (Å²) in [6.07, 6.45) is 1.60. The third-order valence-electron chi connectivity index (χ3n) is 3.86. The predicted molar refractivity (Wildman–Crippen MR) is 90.4 cm³/mol. The van der Waals surface area contributed by atoms with E-state index in [1.807, 2.05) is 11.0 Å². The van der Waals surface area contributed by atoms with Crippen LogP contribution in [0, 0.1) is 11.3 Å². The van der Waals surface area contributed by atoms with E-state index in [9.17, 15) is 10.1 Å². The minimum absolute atomic E-state index is 0.0523. The molecular formula is C17H22N4O3. The summed E-state index contributed by atoms with van der Waals surface area (Å²) in [5.41, 5.74) is 0.579. The number of hydrogen-bond acceptors (Lipinski definition) is 6. The van der Waals surface area contributed by atoms with Gasteiger partial charge in [-0.25, -0.2) is 0 Å². The molecule has 7 nitrogen and oxygen atoms in total. The number of benzene rings is 1. The Bertz CT molecular complexity index is 631. The van der Waals surface area contributed by atoms with Crippen molar-refractivity contribution in [3.8, 4) is 11.8 Å². The van der Waals surface area contributed by atoms with Gasteiger partial charge in [-0.1, -0.05) is 12.1 Å². The van der Waals surface area contributed by atoms with E-state index in [-0.39, 0.29) is 12.2 Å². The Labute approximate surface area is 141 Å². The fraction of sp³-hybridized carbons (Fsp3) is 0.412. The number of nitrogens with one attached hydrogen (secondary N) is 1. The topological polar surface area (TPSA) is 88.8 Å². The van der Waals surface area contributed by atoms with Gasteiger partial charge in [0.15, 0.2) is 0 Å². The SMILES string of the molecule is COc1ccccc1NC(=O)/C(C#N)=C\N1CCN(CCO)CC1. The lowest BCUT2D eigenvalue weighted by atomic mass is 10.2. The van der Waals surface area contributed by atoms with Gasteiger partial charge in [0.1, 0.15) is 17.4 Å². The van der Waals surface area contributed by atoms with E-state index in [4.69, 9.17) is 9.84 Å². The molecule has 7 heteroatoms. The van der Waals surface area contributed by atoms with Gasteiger partial charge >= 0.3 is 0 Å². The Kier molecular flexibility index (Phi) is 6.61. The molecule has 0 aromatic heterocycles. The van der Waals surface area contributed by atoms with Crippen LogP contribution in [0.5, 0.6) is 5.75 Å². The molecule has 0 bridgehead atoms. The van der Waals surface area contributed by atoms with Crippen LogP contribution < -0.4 is 10.1 Å². The van der Waals surface area contributed by atoms with Crippen molar-refractivity contribution in [1.82, 2.24) is 9.80 Å². The average molecular weight is 330 g/mol. The molecule has 0 atom stereocenters. The van der Waals surface area contributed by atoms with Gasteiger partial charge in [-0.05, 0) is 12.1 Å². The fourth-order valence-electron chi connectivity index (χ4n) is 2.52. The molecule has 128 valence electrons. The Balaban J connectivity index is 2.00. The van der Waals surface area contributed by atoms with Crippen molar-refractivity contribution in [3.63, 3.8) is 0 Å². The minimum atomic E-state index is -0.459. The van der Waals surface area contributed by atoms with Crippen LogP contribution in [-0.2, 0) is 4.79 Å². The monoisotopic (exact) mass is 330 g/mol. The standard InChI is InChI=1S/C17H22N4O3/c1-24-16-5-3-2-4-15(16)19-17(23)14(12-18)13-21-8-6-20(7-9-21)10-11-22/h2-5,13,22H,6-11H2,1H3,(H,19,23)/b14-13-. The molecular weight excluding hydrogens is 308 g/mol. The number of methoxy groups -OCH3 is 1. The highest BCUT2D eigenvalue weighted by Gasteiger charge is 2.17. The number of carbonyl (C=O) groups excluding carboxylic acids is 1. The van der Waals surface area contributed by atoms with Gasteiger partial charge in [-0.3, -0.25) is 9.69 Å². The van der Waals surface area contributed by atoms with Crippen LogP contribution >= 0.6 is 0 Å². The number of piperazine rings is 1. The van der Waals surface area contributed by atoms with E-state index in [0.717, 1.165) is 13.1 Å². The highest BCUT2D eigenvalue weighted by Crippen LogP contribution is 2.23. The second-order valence-electron chi connectivity index (χ2n) is 5.41. The highest BCUT2D eigenvalue weighted by atomic mass is 16.5. The number of amides is 1. The number of nitrogens with zero attached hydrogens (tertiary/aromatic N) is 3. The van der Waals surface area contributed by atoms with Gasteiger partial charge in [-0.2, -0.15) is 5.26 Å². The second-order valence-corrected chi connectivity index (χ2v) is 5.41. The lowest BCUT2D eigenvalue weighted by Gasteiger charge is -2.33. The fourth-order valence-corrected chi connectivity index (χ4v) is 2.52. The number of hydrogen-bond donors (Lipinski definition) is 2. The molecule has 24 heavy (non-hydrogen) atoms. The van der Waals surface area contributed by atoms with Gasteiger partial charge in [0.2, 0.25) is 0 Å². The number of carbonyl (C=O) groups is 1. The smallest absolute Gasteiger partial charge is 0.267 e. The van der Waals surface area contributed by atoms with E-state index >= 15 is 0 Å². The third kappa shape index (κ3) is 4.72. The highest BCUT2D eigenvalue weighted by molar-refractivity contribution is 6.07. The summed E-state index contributed by atoms with van der Waals surface area (Å²) in [7, 11) is 1.53. The van der Waals surface area contributed by atoms with E-state index in [0.29, 0.717) is 31.1 Å². The maximum atomic E-state index is 12.3. The average Bonchev–Trinajstić information content (AvgIpc) is 2.61. The molecule has 0 spiro atoms. The van der Waals surface area contributed by atoms with E-state index in [2.05, 4.69) is 10.2 Å². The van der Waals surface area contributed by atoms with Gasteiger partial charge in [-0.15, -0.1) is 0 Å². The third-order valence-corrected chi connectivity index (χ3v) is 3.86. The van der Waals surface area contributed by atoms with Crippen LogP contribution in [0.25, 0.3) is 0 Å². The number of ether oxygens (including phenoxy) is 1. The van der Waals surface area contributed by atoms with E-state index in [1.165, 1.54) is 7.11 Å². The van der Waals surface area contributed by atoms with Crippen LogP contribution in [-0.4, -0.2) is 67.3 Å². The lowest BCUT2D eigenvalue weighted by molar-refractivity contribution is -0.112. The van der Waals surface area contributed by atoms with Crippen LogP contribution in [0.1, 0.15) is 0 Å². The summed E-state index contributed by atoms with van der Waals surface area (Å²) in [6, 6.07) is 9.01. The van der Waals surface area contributed by atoms with Gasteiger partial charge in [0.05, 0.1) is 19.4 Å². The Hall–Kier alpha value is -2.56. The number of aliphatic hydroxyl groups excluding tert-OH is 1. The van der Waals surface area contributed by atoms with Crippen molar-refractivity contribution < 1.29 is 14.6 Å². The molecule has 1 fully saturated rings. The first-order chi connectivity index (χ1) is 11.7. The first-order valence-corrected chi connectivity index (χ1v) is 7.81.